The molecule has 2 aliphatic heterocycles. The van der Waals surface area contributed by atoms with Crippen LogP contribution in [-0.2, 0) is 10.0 Å². The second-order valence-electron chi connectivity index (χ2n) is 6.81. The minimum Gasteiger partial charge on any atom is -0.302 e. The number of sulfonamides is 1. The van der Waals surface area contributed by atoms with Gasteiger partial charge in [0.25, 0.3) is 5.69 Å². The highest BCUT2D eigenvalue weighted by atomic mass is 32.2. The first-order chi connectivity index (χ1) is 12.5. The molecule has 2 fully saturated rings. The molecule has 0 amide bonds. The van der Waals surface area contributed by atoms with Crippen LogP contribution in [0.5, 0.6) is 0 Å². The molecule has 0 saturated carbocycles. The summed E-state index contributed by atoms with van der Waals surface area (Å²) < 4.78 is 28.1. The van der Waals surface area contributed by atoms with E-state index in [9.17, 15) is 18.5 Å². The molecular weight excluding hydrogens is 374 g/mol. The third-order valence-electron chi connectivity index (χ3n) is 4.94. The van der Waals surface area contributed by atoms with Crippen LogP contribution >= 0.6 is 11.8 Å². The first-order valence-corrected chi connectivity index (χ1v) is 11.6. The molecule has 2 aliphatic rings. The lowest BCUT2D eigenvalue weighted by Gasteiger charge is -2.35. The van der Waals surface area contributed by atoms with Gasteiger partial charge in [-0.1, -0.05) is 12.5 Å². The first-order valence-electron chi connectivity index (χ1n) is 9.05. The number of nitrogens with zero attached hydrogens (tertiary/aromatic N) is 3. The normalized spacial score (nSPS) is 23.5. The smallest absolute Gasteiger partial charge is 0.270 e. The van der Waals surface area contributed by atoms with Crippen molar-refractivity contribution in [3.63, 3.8) is 0 Å². The third kappa shape index (κ3) is 4.57. The molecule has 3 rings (SSSR count). The highest BCUT2D eigenvalue weighted by Gasteiger charge is 2.34. The van der Waals surface area contributed by atoms with Gasteiger partial charge in [0.15, 0.2) is 0 Å². The molecule has 144 valence electrons. The number of thioether (sulfide) groups is 1. The zero-order chi connectivity index (χ0) is 18.6. The van der Waals surface area contributed by atoms with Crippen LogP contribution in [0.1, 0.15) is 25.7 Å². The fraction of sp³-hybridized carbons (Fsp3) is 0.647. The Hall–Kier alpha value is -1.16. The van der Waals surface area contributed by atoms with E-state index >= 15 is 0 Å². The van der Waals surface area contributed by atoms with Crippen molar-refractivity contribution in [2.45, 2.75) is 36.6 Å². The number of piperidine rings is 1. The lowest BCUT2D eigenvalue weighted by molar-refractivity contribution is -0.385. The Morgan fingerprint density at radius 1 is 1.15 bits per heavy atom. The summed E-state index contributed by atoms with van der Waals surface area (Å²) in [5.74, 6) is 1.71. The quantitative estimate of drug-likeness (QED) is 0.559. The van der Waals surface area contributed by atoms with Crippen molar-refractivity contribution in [2.24, 2.45) is 0 Å². The van der Waals surface area contributed by atoms with Gasteiger partial charge in [0.2, 0.25) is 10.0 Å². The lowest BCUT2D eigenvalue weighted by atomic mass is 10.1. The van der Waals surface area contributed by atoms with Crippen molar-refractivity contribution in [1.82, 2.24) is 9.21 Å². The zero-order valence-corrected chi connectivity index (χ0v) is 16.4. The van der Waals surface area contributed by atoms with E-state index in [1.165, 1.54) is 30.7 Å². The van der Waals surface area contributed by atoms with E-state index in [1.54, 1.807) is 16.1 Å². The van der Waals surface area contributed by atoms with Gasteiger partial charge in [0, 0.05) is 37.0 Å². The van der Waals surface area contributed by atoms with E-state index in [2.05, 4.69) is 4.90 Å². The van der Waals surface area contributed by atoms with Crippen molar-refractivity contribution >= 4 is 27.5 Å². The number of hydrogen-bond acceptors (Lipinski definition) is 6. The average Bonchev–Trinajstić information content (AvgIpc) is 2.88. The van der Waals surface area contributed by atoms with Crippen LogP contribution in [-0.4, -0.2) is 66.3 Å². The summed E-state index contributed by atoms with van der Waals surface area (Å²) in [6, 6.07) is 5.30. The van der Waals surface area contributed by atoms with Crippen LogP contribution in [0.25, 0.3) is 0 Å². The first kappa shape index (κ1) is 19.6. The summed E-state index contributed by atoms with van der Waals surface area (Å²) in [7, 11) is -3.75. The van der Waals surface area contributed by atoms with E-state index in [4.69, 9.17) is 0 Å². The molecule has 0 aliphatic carbocycles. The molecular formula is C17H25N3O4S2. The molecule has 2 heterocycles. The molecule has 1 aromatic carbocycles. The van der Waals surface area contributed by atoms with Gasteiger partial charge in [-0.2, -0.15) is 16.1 Å². The predicted molar refractivity (Wildman–Crippen MR) is 103 cm³/mol. The van der Waals surface area contributed by atoms with Gasteiger partial charge in [-0.3, -0.25) is 10.1 Å². The van der Waals surface area contributed by atoms with Crippen molar-refractivity contribution in [2.75, 3.05) is 37.7 Å². The average molecular weight is 400 g/mol. The Balaban J connectivity index is 1.86. The maximum Gasteiger partial charge on any atom is 0.270 e. The number of non-ortho nitro benzene ring substituents is 1. The summed E-state index contributed by atoms with van der Waals surface area (Å²) >= 11 is 1.79. The fourth-order valence-corrected chi connectivity index (χ4v) is 6.45. The molecule has 1 atom stereocenters. The van der Waals surface area contributed by atoms with Crippen LogP contribution in [0.3, 0.4) is 0 Å². The van der Waals surface area contributed by atoms with Gasteiger partial charge < -0.3 is 4.90 Å². The molecule has 1 aromatic rings. The predicted octanol–water partition coefficient (Wildman–Crippen LogP) is 2.58. The lowest BCUT2D eigenvalue weighted by Crippen LogP contribution is -2.49. The van der Waals surface area contributed by atoms with Gasteiger partial charge in [0.05, 0.1) is 9.82 Å². The molecule has 0 N–H and O–H groups in total. The summed E-state index contributed by atoms with van der Waals surface area (Å²) in [5.41, 5.74) is -0.192. The van der Waals surface area contributed by atoms with Gasteiger partial charge >= 0.3 is 0 Å². The second-order valence-corrected chi connectivity index (χ2v) is 9.85. The molecule has 0 bridgehead atoms. The number of nitro benzene ring substituents is 1. The van der Waals surface area contributed by atoms with E-state index in [0.29, 0.717) is 6.54 Å². The van der Waals surface area contributed by atoms with Crippen LogP contribution in [0.2, 0.25) is 0 Å². The van der Waals surface area contributed by atoms with E-state index in [-0.39, 0.29) is 16.6 Å². The van der Waals surface area contributed by atoms with Gasteiger partial charge in [-0.25, -0.2) is 8.42 Å². The number of hydrogen-bond donors (Lipinski definition) is 0. The summed E-state index contributed by atoms with van der Waals surface area (Å²) in [5, 5.41) is 11.0. The van der Waals surface area contributed by atoms with E-state index < -0.39 is 14.9 Å². The van der Waals surface area contributed by atoms with Crippen molar-refractivity contribution in [3.05, 3.63) is 34.4 Å². The highest BCUT2D eigenvalue weighted by Crippen LogP contribution is 2.27. The van der Waals surface area contributed by atoms with Crippen LogP contribution < -0.4 is 0 Å². The Bertz CT molecular complexity index is 735. The van der Waals surface area contributed by atoms with E-state index in [0.717, 1.165) is 50.4 Å². The Kier molecular flexibility index (Phi) is 6.55. The number of rotatable bonds is 5. The van der Waals surface area contributed by atoms with Gasteiger partial charge in [0.1, 0.15) is 0 Å². The molecule has 7 nitrogen and oxygen atoms in total. The Labute approximate surface area is 158 Å². The van der Waals surface area contributed by atoms with Crippen molar-refractivity contribution in [1.29, 1.82) is 0 Å². The SMILES string of the molecule is O=[N+]([O-])c1cccc(S(=O)(=O)N2CCCSCC2CN2CCCCC2)c1. The highest BCUT2D eigenvalue weighted by molar-refractivity contribution is 7.99. The molecule has 2 saturated heterocycles. The maximum atomic E-state index is 13.2. The molecule has 0 aromatic heterocycles. The zero-order valence-electron chi connectivity index (χ0n) is 14.7. The van der Waals surface area contributed by atoms with Crippen LogP contribution in [0, 0.1) is 10.1 Å². The minimum atomic E-state index is -3.75. The standard InChI is InChI=1S/C17H25N3O4S2/c21-20(22)15-6-4-7-17(12-15)26(23,24)19-10-5-11-25-14-16(19)13-18-8-2-1-3-9-18/h4,6-7,12,16H,1-3,5,8-11,13-14H2. The van der Waals surface area contributed by atoms with Crippen LogP contribution in [0.4, 0.5) is 5.69 Å². The molecule has 0 radical (unpaired) electrons. The molecule has 0 spiro atoms. The molecule has 1 unspecified atom stereocenters. The summed E-state index contributed by atoms with van der Waals surface area (Å²) in [6.45, 7) is 3.25. The van der Waals surface area contributed by atoms with Gasteiger partial charge in [-0.05, 0) is 44.2 Å². The maximum absolute atomic E-state index is 13.2. The van der Waals surface area contributed by atoms with Crippen molar-refractivity contribution in [3.8, 4) is 0 Å². The third-order valence-corrected chi connectivity index (χ3v) is 8.08. The summed E-state index contributed by atoms with van der Waals surface area (Å²) in [6.07, 6.45) is 4.37. The minimum absolute atomic E-state index is 0.0160. The second kappa shape index (κ2) is 8.69. The fourth-order valence-electron chi connectivity index (χ4n) is 3.60. The van der Waals surface area contributed by atoms with Gasteiger partial charge in [-0.15, -0.1) is 0 Å². The number of nitro groups is 1. The Morgan fingerprint density at radius 3 is 2.65 bits per heavy atom. The number of benzene rings is 1. The monoisotopic (exact) mass is 399 g/mol. The largest absolute Gasteiger partial charge is 0.302 e. The Morgan fingerprint density at radius 2 is 1.92 bits per heavy atom. The number of likely N-dealkylation sites (tertiary alicyclic amines) is 1. The van der Waals surface area contributed by atoms with Crippen molar-refractivity contribution < 1.29 is 13.3 Å². The summed E-state index contributed by atoms with van der Waals surface area (Å²) in [4.78, 5) is 12.8. The van der Waals surface area contributed by atoms with E-state index in [1.807, 2.05) is 0 Å². The van der Waals surface area contributed by atoms with Crippen LogP contribution in [0.15, 0.2) is 29.2 Å². The molecule has 9 heteroatoms. The molecule has 26 heavy (non-hydrogen) atoms. The topological polar surface area (TPSA) is 83.8 Å².